The van der Waals surface area contributed by atoms with Gasteiger partial charge in [0.25, 0.3) is 0 Å². The minimum Gasteiger partial charge on any atom is -0.398 e. The number of nitrogens with two attached hydrogens (primary N) is 1. The molecule has 3 heteroatoms. The summed E-state index contributed by atoms with van der Waals surface area (Å²) in [6, 6.07) is 6.31. The average molecular weight is 246 g/mol. The molecule has 0 bridgehead atoms. The van der Waals surface area contributed by atoms with Crippen LogP contribution in [0.3, 0.4) is 0 Å². The van der Waals surface area contributed by atoms with Gasteiger partial charge in [0, 0.05) is 31.9 Å². The van der Waals surface area contributed by atoms with E-state index in [1.807, 2.05) is 6.07 Å². The van der Waals surface area contributed by atoms with Gasteiger partial charge < -0.3 is 10.5 Å². The van der Waals surface area contributed by atoms with E-state index < -0.39 is 0 Å². The Morgan fingerprint density at radius 3 is 3.17 bits per heavy atom. The summed E-state index contributed by atoms with van der Waals surface area (Å²) in [5, 5.41) is 0. The summed E-state index contributed by atoms with van der Waals surface area (Å²) in [6.45, 7) is 5.26. The fourth-order valence-corrected chi connectivity index (χ4v) is 3.17. The van der Waals surface area contributed by atoms with Gasteiger partial charge in [0.2, 0.25) is 0 Å². The first-order valence-electron chi connectivity index (χ1n) is 6.99. The fraction of sp³-hybridized carbons (Fsp3) is 0.600. The van der Waals surface area contributed by atoms with Crippen molar-refractivity contribution in [2.45, 2.75) is 25.8 Å². The Bertz CT molecular complexity index is 413. The number of hydrogen-bond acceptors (Lipinski definition) is 3. The Balaban J connectivity index is 1.64. The summed E-state index contributed by atoms with van der Waals surface area (Å²) in [4.78, 5) is 2.56. The van der Waals surface area contributed by atoms with Crippen LogP contribution < -0.4 is 5.73 Å². The van der Waals surface area contributed by atoms with Gasteiger partial charge in [0.05, 0.1) is 6.61 Å². The topological polar surface area (TPSA) is 38.5 Å². The van der Waals surface area contributed by atoms with Gasteiger partial charge in [-0.2, -0.15) is 0 Å². The van der Waals surface area contributed by atoms with Crippen molar-refractivity contribution >= 4 is 5.69 Å². The molecule has 2 N–H and O–H groups in total. The summed E-state index contributed by atoms with van der Waals surface area (Å²) in [5.74, 6) is 0.723. The lowest BCUT2D eigenvalue weighted by atomic mass is 9.95. The SMILES string of the molecule is Nc1cccc2c1CCN(CC1CCCOC1)C2. The van der Waals surface area contributed by atoms with Crippen LogP contribution in [0.5, 0.6) is 0 Å². The van der Waals surface area contributed by atoms with Crippen molar-refractivity contribution in [2.75, 3.05) is 32.0 Å². The van der Waals surface area contributed by atoms with Crippen molar-refractivity contribution in [3.05, 3.63) is 29.3 Å². The van der Waals surface area contributed by atoms with Crippen molar-refractivity contribution in [3.8, 4) is 0 Å². The molecule has 1 unspecified atom stereocenters. The highest BCUT2D eigenvalue weighted by Gasteiger charge is 2.22. The quantitative estimate of drug-likeness (QED) is 0.812. The van der Waals surface area contributed by atoms with Gasteiger partial charge in [0.15, 0.2) is 0 Å². The largest absolute Gasteiger partial charge is 0.398 e. The number of nitrogens with zero attached hydrogens (tertiary/aromatic N) is 1. The summed E-state index contributed by atoms with van der Waals surface area (Å²) in [5.41, 5.74) is 9.78. The van der Waals surface area contributed by atoms with Crippen LogP contribution in [0.2, 0.25) is 0 Å². The molecular weight excluding hydrogens is 224 g/mol. The monoisotopic (exact) mass is 246 g/mol. The minimum atomic E-state index is 0.723. The molecule has 3 nitrogen and oxygen atoms in total. The lowest BCUT2D eigenvalue weighted by molar-refractivity contribution is 0.0364. The van der Waals surface area contributed by atoms with Crippen LogP contribution >= 0.6 is 0 Å². The second-order valence-corrected chi connectivity index (χ2v) is 5.55. The molecular formula is C15H22N2O. The van der Waals surface area contributed by atoms with Gasteiger partial charge in [-0.05, 0) is 42.4 Å². The number of fused-ring (bicyclic) bond motifs is 1. The van der Waals surface area contributed by atoms with Crippen molar-refractivity contribution in [2.24, 2.45) is 5.92 Å². The Kier molecular flexibility index (Phi) is 3.52. The van der Waals surface area contributed by atoms with Crippen molar-refractivity contribution in [1.29, 1.82) is 0 Å². The molecule has 98 valence electrons. The third-order valence-electron chi connectivity index (χ3n) is 4.15. The van der Waals surface area contributed by atoms with E-state index in [4.69, 9.17) is 10.5 Å². The number of nitrogen functional groups attached to an aromatic ring is 1. The number of benzene rings is 1. The zero-order valence-electron chi connectivity index (χ0n) is 10.9. The third kappa shape index (κ3) is 2.52. The summed E-state index contributed by atoms with van der Waals surface area (Å²) in [7, 11) is 0. The Labute approximate surface area is 109 Å². The van der Waals surface area contributed by atoms with E-state index in [2.05, 4.69) is 17.0 Å². The standard InChI is InChI=1S/C15H22N2O/c16-15-5-1-4-13-10-17(7-6-14(13)15)9-12-3-2-8-18-11-12/h1,4-5,12H,2-3,6-11,16H2. The first kappa shape index (κ1) is 12.0. The lowest BCUT2D eigenvalue weighted by Gasteiger charge is -2.33. The maximum Gasteiger partial charge on any atom is 0.0506 e. The average Bonchev–Trinajstić information content (AvgIpc) is 2.40. The van der Waals surface area contributed by atoms with Gasteiger partial charge in [-0.25, -0.2) is 0 Å². The second-order valence-electron chi connectivity index (χ2n) is 5.55. The van der Waals surface area contributed by atoms with E-state index in [1.165, 1.54) is 30.5 Å². The number of ether oxygens (including phenoxy) is 1. The second kappa shape index (κ2) is 5.29. The van der Waals surface area contributed by atoms with Crippen molar-refractivity contribution in [3.63, 3.8) is 0 Å². The maximum atomic E-state index is 6.03. The van der Waals surface area contributed by atoms with Crippen LogP contribution in [0.25, 0.3) is 0 Å². The van der Waals surface area contributed by atoms with Crippen LogP contribution in [0.4, 0.5) is 5.69 Å². The van der Waals surface area contributed by atoms with Gasteiger partial charge in [-0.15, -0.1) is 0 Å². The van der Waals surface area contributed by atoms with E-state index in [0.717, 1.165) is 44.3 Å². The molecule has 0 aromatic heterocycles. The highest BCUT2D eigenvalue weighted by molar-refractivity contribution is 5.51. The van der Waals surface area contributed by atoms with Crippen LogP contribution in [-0.2, 0) is 17.7 Å². The van der Waals surface area contributed by atoms with Crippen LogP contribution in [0, 0.1) is 5.92 Å². The molecule has 0 spiro atoms. The van der Waals surface area contributed by atoms with Crippen LogP contribution in [0.1, 0.15) is 24.0 Å². The molecule has 1 fully saturated rings. The predicted molar refractivity (Wildman–Crippen MR) is 73.4 cm³/mol. The summed E-state index contributed by atoms with van der Waals surface area (Å²) >= 11 is 0. The highest BCUT2D eigenvalue weighted by atomic mass is 16.5. The molecule has 0 aliphatic carbocycles. The molecule has 0 amide bonds. The van der Waals surface area contributed by atoms with Crippen molar-refractivity contribution < 1.29 is 4.74 Å². The Hall–Kier alpha value is -1.06. The molecule has 2 aliphatic rings. The van der Waals surface area contributed by atoms with E-state index in [0.29, 0.717) is 0 Å². The van der Waals surface area contributed by atoms with Crippen LogP contribution in [0.15, 0.2) is 18.2 Å². The molecule has 0 radical (unpaired) electrons. The van der Waals surface area contributed by atoms with Crippen molar-refractivity contribution in [1.82, 2.24) is 4.90 Å². The van der Waals surface area contributed by atoms with Gasteiger partial charge in [-0.1, -0.05) is 12.1 Å². The molecule has 1 saturated heterocycles. The first-order chi connectivity index (χ1) is 8.83. The Morgan fingerprint density at radius 2 is 2.33 bits per heavy atom. The zero-order valence-corrected chi connectivity index (χ0v) is 10.9. The van der Waals surface area contributed by atoms with E-state index in [-0.39, 0.29) is 0 Å². The molecule has 2 heterocycles. The van der Waals surface area contributed by atoms with Gasteiger partial charge in [0.1, 0.15) is 0 Å². The van der Waals surface area contributed by atoms with E-state index in [1.54, 1.807) is 0 Å². The minimum absolute atomic E-state index is 0.723. The third-order valence-corrected chi connectivity index (χ3v) is 4.15. The molecule has 3 rings (SSSR count). The fourth-order valence-electron chi connectivity index (χ4n) is 3.17. The maximum absolute atomic E-state index is 6.03. The molecule has 1 aromatic rings. The molecule has 18 heavy (non-hydrogen) atoms. The Morgan fingerprint density at radius 1 is 1.39 bits per heavy atom. The summed E-state index contributed by atoms with van der Waals surface area (Å²) in [6.07, 6.45) is 3.64. The molecule has 1 aromatic carbocycles. The highest BCUT2D eigenvalue weighted by Crippen LogP contribution is 2.25. The molecule has 2 aliphatic heterocycles. The molecule has 0 saturated carbocycles. The van der Waals surface area contributed by atoms with E-state index in [9.17, 15) is 0 Å². The zero-order chi connectivity index (χ0) is 12.4. The normalized spacial score (nSPS) is 24.8. The number of anilines is 1. The van der Waals surface area contributed by atoms with E-state index >= 15 is 0 Å². The van der Waals surface area contributed by atoms with Crippen LogP contribution in [-0.4, -0.2) is 31.2 Å². The molecule has 1 atom stereocenters. The predicted octanol–water partition coefficient (Wildman–Crippen LogP) is 2.05. The van der Waals surface area contributed by atoms with Gasteiger partial charge in [-0.3, -0.25) is 4.90 Å². The summed E-state index contributed by atoms with van der Waals surface area (Å²) < 4.78 is 5.57. The van der Waals surface area contributed by atoms with Gasteiger partial charge >= 0.3 is 0 Å². The number of hydrogen-bond donors (Lipinski definition) is 1. The number of rotatable bonds is 2. The first-order valence-corrected chi connectivity index (χ1v) is 6.99. The lowest BCUT2D eigenvalue weighted by Crippen LogP contribution is -2.37. The smallest absolute Gasteiger partial charge is 0.0506 e.